The van der Waals surface area contributed by atoms with Gasteiger partial charge in [-0.1, -0.05) is 24.3 Å². The number of hydrazone groups is 1. The van der Waals surface area contributed by atoms with E-state index >= 15 is 0 Å². The fraction of sp³-hybridized carbons (Fsp3) is 0.188. The molecule has 2 N–H and O–H groups in total. The topological polar surface area (TPSA) is 91.9 Å². The zero-order valence-electron chi connectivity index (χ0n) is 22.9. The molecule has 0 spiro atoms. The predicted octanol–water partition coefficient (Wildman–Crippen LogP) is 7.10. The lowest BCUT2D eigenvalue weighted by atomic mass is 9.89. The van der Waals surface area contributed by atoms with Crippen molar-refractivity contribution < 1.29 is 9.21 Å². The number of fused-ring (bicyclic) bond motifs is 2. The van der Waals surface area contributed by atoms with Gasteiger partial charge in [-0.15, -0.1) is 0 Å². The van der Waals surface area contributed by atoms with Gasteiger partial charge in [0.05, 0.1) is 17.3 Å². The highest BCUT2D eigenvalue weighted by atomic mass is 79.9. The minimum Gasteiger partial charge on any atom is -0.456 e. The number of hydrogen-bond donors (Lipinski definition) is 2. The third-order valence-electron chi connectivity index (χ3n) is 6.62. The van der Waals surface area contributed by atoms with Gasteiger partial charge in [-0.25, -0.2) is 10.4 Å². The highest BCUT2D eigenvalue weighted by Crippen LogP contribution is 2.42. The van der Waals surface area contributed by atoms with Crippen LogP contribution in [0.1, 0.15) is 41.0 Å². The first-order valence-electron chi connectivity index (χ1n) is 13.2. The standard InChI is InChI=1S/C32H30BrN5O2/c1-5-34-26-16-28-24(14-19(26)3)31(25-15-20(4)27(35-6-2)17-29(25)40-28)22-11-7-8-12-23(22)32(39)38-36-18-21-10-9-13-30(33)37-21/h7-18,34H,5-6H2,1-4H3,(H,38,39)/b35-27?,36-18+. The molecule has 0 fully saturated rings. The SMILES string of the molecule is CCN=c1cc2oc3cc(NCC)c(C)cc3c(-c3ccccc3C(=O)N/N=C/c3cccc(Br)n3)c-2cc1C. The monoisotopic (exact) mass is 595 g/mol. The van der Waals surface area contributed by atoms with Crippen LogP contribution in [-0.4, -0.2) is 30.2 Å². The lowest BCUT2D eigenvalue weighted by Gasteiger charge is -2.19. The van der Waals surface area contributed by atoms with E-state index in [2.05, 4.69) is 67.7 Å². The lowest BCUT2D eigenvalue weighted by Crippen LogP contribution is -2.19. The molecule has 3 aromatic rings. The van der Waals surface area contributed by atoms with Crippen LogP contribution in [0.2, 0.25) is 0 Å². The maximum absolute atomic E-state index is 13.5. The minimum atomic E-state index is -0.320. The molecule has 0 unspecified atom stereocenters. The summed E-state index contributed by atoms with van der Waals surface area (Å²) in [5, 5.41) is 9.40. The Morgan fingerprint density at radius 3 is 2.60 bits per heavy atom. The second-order valence-corrected chi connectivity index (χ2v) is 10.2. The van der Waals surface area contributed by atoms with Crippen LogP contribution in [0.25, 0.3) is 33.4 Å². The molecule has 1 aliphatic carbocycles. The van der Waals surface area contributed by atoms with Gasteiger partial charge in [0, 0.05) is 53.0 Å². The van der Waals surface area contributed by atoms with Crippen molar-refractivity contribution in [3.63, 3.8) is 0 Å². The number of pyridine rings is 1. The number of carbonyl (C=O) groups excluding carboxylic acids is 1. The van der Waals surface area contributed by atoms with E-state index in [0.29, 0.717) is 28.2 Å². The number of nitrogens with zero attached hydrogens (tertiary/aromatic N) is 3. The van der Waals surface area contributed by atoms with Crippen molar-refractivity contribution in [1.29, 1.82) is 0 Å². The van der Waals surface area contributed by atoms with E-state index in [-0.39, 0.29) is 5.91 Å². The summed E-state index contributed by atoms with van der Waals surface area (Å²) in [6, 6.07) is 21.3. The number of carbonyl (C=O) groups is 1. The van der Waals surface area contributed by atoms with Crippen LogP contribution in [0.15, 0.2) is 85.8 Å². The molecule has 1 amide bonds. The molecule has 7 nitrogen and oxygen atoms in total. The van der Waals surface area contributed by atoms with Crippen molar-refractivity contribution in [2.24, 2.45) is 10.1 Å². The van der Waals surface area contributed by atoms with E-state index in [0.717, 1.165) is 56.4 Å². The maximum atomic E-state index is 13.5. The van der Waals surface area contributed by atoms with E-state index < -0.39 is 0 Å². The molecule has 202 valence electrons. The Morgan fingerprint density at radius 1 is 1.00 bits per heavy atom. The Hall–Kier alpha value is -4.30. The van der Waals surface area contributed by atoms with Gasteiger partial charge >= 0.3 is 0 Å². The van der Waals surface area contributed by atoms with Crippen molar-refractivity contribution in [1.82, 2.24) is 10.4 Å². The van der Waals surface area contributed by atoms with Crippen LogP contribution < -0.4 is 16.1 Å². The van der Waals surface area contributed by atoms with E-state index in [9.17, 15) is 4.79 Å². The van der Waals surface area contributed by atoms with Gasteiger partial charge in [0.1, 0.15) is 15.9 Å². The Kier molecular flexibility index (Phi) is 8.07. The molecule has 40 heavy (non-hydrogen) atoms. The molecular formula is C32H30BrN5O2. The average molecular weight is 597 g/mol. The van der Waals surface area contributed by atoms with Gasteiger partial charge in [-0.2, -0.15) is 5.10 Å². The van der Waals surface area contributed by atoms with E-state index in [1.807, 2.05) is 68.4 Å². The summed E-state index contributed by atoms with van der Waals surface area (Å²) < 4.78 is 7.18. The third kappa shape index (κ3) is 5.53. The number of aromatic nitrogens is 1. The summed E-state index contributed by atoms with van der Waals surface area (Å²) in [6.45, 7) is 9.67. The van der Waals surface area contributed by atoms with Crippen LogP contribution in [0.5, 0.6) is 0 Å². The van der Waals surface area contributed by atoms with Gasteiger partial charge in [0.25, 0.3) is 5.91 Å². The van der Waals surface area contributed by atoms with Crippen molar-refractivity contribution in [2.45, 2.75) is 27.7 Å². The number of benzene rings is 3. The highest BCUT2D eigenvalue weighted by Gasteiger charge is 2.22. The Morgan fingerprint density at radius 2 is 1.82 bits per heavy atom. The maximum Gasteiger partial charge on any atom is 0.271 e. The zero-order chi connectivity index (χ0) is 28.2. The normalized spacial score (nSPS) is 12.0. The Labute approximate surface area is 241 Å². The molecule has 2 aliphatic rings. The number of aryl methyl sites for hydroxylation is 2. The van der Waals surface area contributed by atoms with Crippen molar-refractivity contribution in [3.8, 4) is 22.5 Å². The predicted molar refractivity (Wildman–Crippen MR) is 165 cm³/mol. The van der Waals surface area contributed by atoms with Gasteiger partial charge in [0.2, 0.25) is 0 Å². The molecule has 5 rings (SSSR count). The van der Waals surface area contributed by atoms with E-state index in [4.69, 9.17) is 4.42 Å². The fourth-order valence-corrected chi connectivity index (χ4v) is 5.17. The highest BCUT2D eigenvalue weighted by molar-refractivity contribution is 9.10. The molecule has 0 atom stereocenters. The van der Waals surface area contributed by atoms with Crippen LogP contribution in [-0.2, 0) is 0 Å². The third-order valence-corrected chi connectivity index (χ3v) is 7.06. The molecule has 2 heterocycles. The Bertz CT molecular complexity index is 1790. The summed E-state index contributed by atoms with van der Waals surface area (Å²) in [7, 11) is 0. The molecule has 0 bridgehead atoms. The lowest BCUT2D eigenvalue weighted by molar-refractivity contribution is 0.0956. The van der Waals surface area contributed by atoms with Crippen molar-refractivity contribution in [3.05, 3.63) is 99.1 Å². The second-order valence-electron chi connectivity index (χ2n) is 9.41. The second kappa shape index (κ2) is 11.8. The van der Waals surface area contributed by atoms with Gasteiger partial charge in [-0.3, -0.25) is 9.79 Å². The summed E-state index contributed by atoms with van der Waals surface area (Å²) in [5.41, 5.74) is 10.3. The van der Waals surface area contributed by atoms with Gasteiger partial charge in [0.15, 0.2) is 0 Å². The largest absolute Gasteiger partial charge is 0.456 e. The number of hydrogen-bond acceptors (Lipinski definition) is 6. The first-order chi connectivity index (χ1) is 19.4. The van der Waals surface area contributed by atoms with Crippen LogP contribution in [0, 0.1) is 13.8 Å². The molecule has 1 aromatic heterocycles. The van der Waals surface area contributed by atoms with Crippen molar-refractivity contribution >= 4 is 44.7 Å². The van der Waals surface area contributed by atoms with Crippen LogP contribution in [0.4, 0.5) is 5.69 Å². The molecule has 8 heteroatoms. The summed E-state index contributed by atoms with van der Waals surface area (Å²) in [4.78, 5) is 22.5. The summed E-state index contributed by atoms with van der Waals surface area (Å²) >= 11 is 3.35. The van der Waals surface area contributed by atoms with E-state index in [1.54, 1.807) is 0 Å². The first-order valence-corrected chi connectivity index (χ1v) is 14.0. The smallest absolute Gasteiger partial charge is 0.271 e. The molecule has 1 aliphatic heterocycles. The first kappa shape index (κ1) is 27.3. The molecule has 2 aromatic carbocycles. The van der Waals surface area contributed by atoms with Crippen molar-refractivity contribution in [2.75, 3.05) is 18.4 Å². The zero-order valence-corrected chi connectivity index (χ0v) is 24.5. The average Bonchev–Trinajstić information content (AvgIpc) is 2.93. The minimum absolute atomic E-state index is 0.320. The molecular weight excluding hydrogens is 566 g/mol. The number of halogens is 1. The number of amides is 1. The molecule has 0 saturated carbocycles. The summed E-state index contributed by atoms with van der Waals surface area (Å²) in [6.07, 6.45) is 1.52. The quantitative estimate of drug-likeness (QED) is 0.0908. The van der Waals surface area contributed by atoms with Gasteiger partial charge in [-0.05, 0) is 90.6 Å². The Balaban J connectivity index is 1.70. The van der Waals surface area contributed by atoms with E-state index in [1.165, 1.54) is 6.21 Å². The summed E-state index contributed by atoms with van der Waals surface area (Å²) in [5.74, 6) is 0.389. The molecule has 0 radical (unpaired) electrons. The van der Waals surface area contributed by atoms with Gasteiger partial charge < -0.3 is 9.73 Å². The number of anilines is 1. The van der Waals surface area contributed by atoms with Crippen LogP contribution >= 0.6 is 15.9 Å². The van der Waals surface area contributed by atoms with Crippen LogP contribution in [0.3, 0.4) is 0 Å². The number of nitrogens with one attached hydrogen (secondary N) is 2. The molecule has 0 saturated heterocycles. The fourth-order valence-electron chi connectivity index (χ4n) is 4.81. The number of rotatable bonds is 7.